The molecule has 3 amide bonds. The highest BCUT2D eigenvalue weighted by Crippen LogP contribution is 2.37. The molecule has 0 saturated carbocycles. The molecule has 152 valence electrons. The fourth-order valence-corrected chi connectivity index (χ4v) is 4.14. The van der Waals surface area contributed by atoms with Gasteiger partial charge in [0.2, 0.25) is 17.7 Å². The van der Waals surface area contributed by atoms with Crippen LogP contribution < -0.4 is 10.6 Å². The number of amides is 3. The van der Waals surface area contributed by atoms with Gasteiger partial charge in [-0.2, -0.15) is 0 Å². The third-order valence-corrected chi connectivity index (χ3v) is 5.77. The lowest BCUT2D eigenvalue weighted by atomic mass is 9.84. The van der Waals surface area contributed by atoms with Gasteiger partial charge in [0.05, 0.1) is 11.3 Å². The number of piperidine rings is 1. The Balaban J connectivity index is 1.73. The molecule has 2 heterocycles. The first-order valence-electron chi connectivity index (χ1n) is 9.20. The Hall–Kier alpha value is -2.44. The van der Waals surface area contributed by atoms with Crippen LogP contribution in [0.5, 0.6) is 0 Å². The molecule has 1 saturated heterocycles. The van der Waals surface area contributed by atoms with Crippen molar-refractivity contribution in [2.75, 3.05) is 0 Å². The average molecular weight is 434 g/mol. The minimum atomic E-state index is -0.733. The van der Waals surface area contributed by atoms with Crippen LogP contribution in [0.1, 0.15) is 49.3 Å². The van der Waals surface area contributed by atoms with Gasteiger partial charge in [0.25, 0.3) is 0 Å². The van der Waals surface area contributed by atoms with E-state index in [9.17, 15) is 14.4 Å². The van der Waals surface area contributed by atoms with Crippen LogP contribution in [0.25, 0.3) is 0 Å². The van der Waals surface area contributed by atoms with E-state index in [1.165, 1.54) is 0 Å². The maximum atomic E-state index is 12.7. The number of nitrogens with one attached hydrogen (secondary N) is 2. The Bertz CT molecular complexity index is 938. The summed E-state index contributed by atoms with van der Waals surface area (Å²) in [5.74, 6) is -1.41. The van der Waals surface area contributed by atoms with Crippen LogP contribution in [0.4, 0.5) is 0 Å². The molecule has 8 heteroatoms. The molecule has 1 aromatic heterocycles. The van der Waals surface area contributed by atoms with Crippen molar-refractivity contribution in [3.63, 3.8) is 0 Å². The number of halogens is 2. The van der Waals surface area contributed by atoms with E-state index in [1.54, 1.807) is 24.5 Å². The third-order valence-electron chi connectivity index (χ3n) is 5.15. The van der Waals surface area contributed by atoms with E-state index in [2.05, 4.69) is 15.6 Å². The molecular formula is C21H21Cl2N3O3. The van der Waals surface area contributed by atoms with E-state index in [0.717, 1.165) is 11.1 Å². The lowest BCUT2D eigenvalue weighted by Gasteiger charge is -2.25. The van der Waals surface area contributed by atoms with E-state index in [1.807, 2.05) is 26.0 Å². The SMILES string of the molecule is CC(C)(C(=O)NCc1cc(Cl)c(C2CCC(=O)NC2=O)c(Cl)c1)c1ccncc1. The summed E-state index contributed by atoms with van der Waals surface area (Å²) in [7, 11) is 0. The topological polar surface area (TPSA) is 88.2 Å². The number of nitrogens with zero attached hydrogens (tertiary/aromatic N) is 1. The highest BCUT2D eigenvalue weighted by Gasteiger charge is 2.32. The number of hydrogen-bond donors (Lipinski definition) is 2. The Kier molecular flexibility index (Phi) is 6.24. The summed E-state index contributed by atoms with van der Waals surface area (Å²) >= 11 is 12.8. The summed E-state index contributed by atoms with van der Waals surface area (Å²) in [5.41, 5.74) is 1.35. The van der Waals surface area contributed by atoms with Gasteiger partial charge < -0.3 is 5.32 Å². The molecule has 3 rings (SSSR count). The zero-order valence-corrected chi connectivity index (χ0v) is 17.6. The Morgan fingerprint density at radius 2 is 1.83 bits per heavy atom. The molecule has 6 nitrogen and oxygen atoms in total. The molecule has 0 spiro atoms. The predicted octanol–water partition coefficient (Wildman–Crippen LogP) is 3.50. The van der Waals surface area contributed by atoms with Gasteiger partial charge in [-0.1, -0.05) is 23.2 Å². The largest absolute Gasteiger partial charge is 0.351 e. The van der Waals surface area contributed by atoms with Crippen molar-refractivity contribution < 1.29 is 14.4 Å². The van der Waals surface area contributed by atoms with Gasteiger partial charge in [0, 0.05) is 41.0 Å². The van der Waals surface area contributed by atoms with Gasteiger partial charge in [-0.25, -0.2) is 0 Å². The zero-order chi connectivity index (χ0) is 21.2. The van der Waals surface area contributed by atoms with Gasteiger partial charge in [-0.15, -0.1) is 0 Å². The normalized spacial score (nSPS) is 17.0. The quantitative estimate of drug-likeness (QED) is 0.706. The van der Waals surface area contributed by atoms with Gasteiger partial charge in [0.1, 0.15) is 0 Å². The summed E-state index contributed by atoms with van der Waals surface area (Å²) in [6.45, 7) is 3.91. The maximum Gasteiger partial charge on any atom is 0.234 e. The first-order valence-corrected chi connectivity index (χ1v) is 9.96. The molecule has 0 radical (unpaired) electrons. The number of benzene rings is 1. The number of rotatable bonds is 5. The lowest BCUT2D eigenvalue weighted by molar-refractivity contribution is -0.134. The zero-order valence-electron chi connectivity index (χ0n) is 16.1. The van der Waals surface area contributed by atoms with Gasteiger partial charge in [-0.05, 0) is 55.7 Å². The van der Waals surface area contributed by atoms with Crippen LogP contribution in [-0.4, -0.2) is 22.7 Å². The van der Waals surface area contributed by atoms with Crippen LogP contribution in [0.2, 0.25) is 10.0 Å². The number of carbonyl (C=O) groups is 3. The molecule has 0 aliphatic carbocycles. The second-order valence-corrected chi connectivity index (χ2v) is 8.33. The van der Waals surface area contributed by atoms with Crippen molar-refractivity contribution in [2.24, 2.45) is 0 Å². The molecule has 1 atom stereocenters. The summed E-state index contributed by atoms with van der Waals surface area (Å²) in [6.07, 6.45) is 3.90. The number of hydrogen-bond acceptors (Lipinski definition) is 4. The average Bonchev–Trinajstić information content (AvgIpc) is 2.67. The van der Waals surface area contributed by atoms with Crippen molar-refractivity contribution in [3.8, 4) is 0 Å². The Morgan fingerprint density at radius 1 is 1.21 bits per heavy atom. The lowest BCUT2D eigenvalue weighted by Crippen LogP contribution is -2.40. The van der Waals surface area contributed by atoms with Crippen molar-refractivity contribution in [3.05, 3.63) is 63.4 Å². The van der Waals surface area contributed by atoms with Crippen LogP contribution in [0.15, 0.2) is 36.7 Å². The van der Waals surface area contributed by atoms with Gasteiger partial charge >= 0.3 is 0 Å². The minimum Gasteiger partial charge on any atom is -0.351 e. The molecule has 2 N–H and O–H groups in total. The van der Waals surface area contributed by atoms with Gasteiger partial charge in [-0.3, -0.25) is 24.7 Å². The first kappa shape index (κ1) is 21.3. The number of pyridine rings is 1. The van der Waals surface area contributed by atoms with E-state index >= 15 is 0 Å². The first-order chi connectivity index (χ1) is 13.7. The van der Waals surface area contributed by atoms with Crippen LogP contribution in [0.3, 0.4) is 0 Å². The molecule has 1 fully saturated rings. The second kappa shape index (κ2) is 8.51. The third kappa shape index (κ3) is 4.60. The molecule has 1 unspecified atom stereocenters. The van der Waals surface area contributed by atoms with E-state index in [0.29, 0.717) is 22.0 Å². The fraction of sp³-hybridized carbons (Fsp3) is 0.333. The summed E-state index contributed by atoms with van der Waals surface area (Å²) in [4.78, 5) is 40.2. The van der Waals surface area contributed by atoms with Crippen LogP contribution in [0, 0.1) is 0 Å². The van der Waals surface area contributed by atoms with E-state index in [-0.39, 0.29) is 24.8 Å². The Labute approximate surface area is 179 Å². The number of carbonyl (C=O) groups excluding carboxylic acids is 3. The highest BCUT2D eigenvalue weighted by molar-refractivity contribution is 6.36. The smallest absolute Gasteiger partial charge is 0.234 e. The highest BCUT2D eigenvalue weighted by atomic mass is 35.5. The van der Waals surface area contributed by atoms with E-state index < -0.39 is 17.2 Å². The molecule has 1 aliphatic heterocycles. The number of imide groups is 1. The fourth-order valence-electron chi connectivity index (χ4n) is 3.34. The van der Waals surface area contributed by atoms with Gasteiger partial charge in [0.15, 0.2) is 0 Å². The van der Waals surface area contributed by atoms with Crippen molar-refractivity contribution in [2.45, 2.75) is 44.6 Å². The molecular weight excluding hydrogens is 413 g/mol. The molecule has 1 aromatic carbocycles. The van der Waals surface area contributed by atoms with E-state index in [4.69, 9.17) is 23.2 Å². The maximum absolute atomic E-state index is 12.7. The molecule has 1 aliphatic rings. The summed E-state index contributed by atoms with van der Waals surface area (Å²) in [6, 6.07) is 6.99. The monoisotopic (exact) mass is 433 g/mol. The Morgan fingerprint density at radius 3 is 2.41 bits per heavy atom. The minimum absolute atomic E-state index is 0.148. The van der Waals surface area contributed by atoms with Crippen molar-refractivity contribution in [1.29, 1.82) is 0 Å². The molecule has 0 bridgehead atoms. The molecule has 29 heavy (non-hydrogen) atoms. The van der Waals surface area contributed by atoms with Crippen molar-refractivity contribution in [1.82, 2.24) is 15.6 Å². The molecule has 2 aromatic rings. The summed E-state index contributed by atoms with van der Waals surface area (Å²) in [5, 5.41) is 5.89. The van der Waals surface area contributed by atoms with Crippen LogP contribution >= 0.6 is 23.2 Å². The number of aromatic nitrogens is 1. The second-order valence-electron chi connectivity index (χ2n) is 7.52. The summed E-state index contributed by atoms with van der Waals surface area (Å²) < 4.78 is 0. The van der Waals surface area contributed by atoms with Crippen LogP contribution in [-0.2, 0) is 26.3 Å². The predicted molar refractivity (Wildman–Crippen MR) is 111 cm³/mol. The standard InChI is InChI=1S/C21H21Cl2N3O3/c1-21(2,13-5-7-24-8-6-13)20(29)25-11-12-9-15(22)18(16(23)10-12)14-3-4-17(27)26-19(14)28/h5-10,14H,3-4,11H2,1-2H3,(H,25,29)(H,26,27,28). The van der Waals surface area contributed by atoms with Crippen molar-refractivity contribution >= 4 is 40.9 Å².